The van der Waals surface area contributed by atoms with Gasteiger partial charge >= 0.3 is 5.97 Å². The maximum atomic E-state index is 11.6. The predicted octanol–water partition coefficient (Wildman–Crippen LogP) is 0.329. The lowest BCUT2D eigenvalue weighted by atomic mass is 10.1. The quantitative estimate of drug-likeness (QED) is 0.744. The average molecular weight is 245 g/mol. The van der Waals surface area contributed by atoms with Crippen molar-refractivity contribution in [3.8, 4) is 0 Å². The second-order valence-electron chi connectivity index (χ2n) is 3.44. The summed E-state index contributed by atoms with van der Waals surface area (Å²) in [6, 6.07) is 1.12. The minimum atomic E-state index is -3.47. The van der Waals surface area contributed by atoms with Crippen LogP contribution < -0.4 is 0 Å². The number of carboxylic acids is 1. The molecule has 0 aliphatic heterocycles. The number of sulfone groups is 1. The van der Waals surface area contributed by atoms with Gasteiger partial charge in [-0.3, -0.25) is 4.79 Å². The van der Waals surface area contributed by atoms with Crippen LogP contribution >= 0.6 is 0 Å². The Bertz CT molecular complexity index is 528. The fourth-order valence-electron chi connectivity index (χ4n) is 1.09. The van der Waals surface area contributed by atoms with Gasteiger partial charge in [-0.25, -0.2) is 13.2 Å². The van der Waals surface area contributed by atoms with Gasteiger partial charge in [-0.15, -0.1) is 0 Å². The van der Waals surface area contributed by atoms with Gasteiger partial charge in [0.25, 0.3) is 0 Å². The number of Topliss-reactive ketones (excluding diaryl/α,β-unsaturated/α-hetero) is 1. The lowest BCUT2D eigenvalue weighted by Gasteiger charge is -2.05. The van der Waals surface area contributed by atoms with Crippen LogP contribution in [0.3, 0.4) is 0 Å². The topological polar surface area (TPSA) is 104 Å². The molecule has 1 rings (SSSR count). The van der Waals surface area contributed by atoms with Crippen molar-refractivity contribution in [1.82, 2.24) is 4.98 Å². The zero-order valence-corrected chi connectivity index (χ0v) is 9.54. The van der Waals surface area contributed by atoms with Gasteiger partial charge in [0.1, 0.15) is 10.9 Å². The van der Waals surface area contributed by atoms with E-state index in [9.17, 15) is 18.0 Å². The predicted molar refractivity (Wildman–Crippen MR) is 56.4 cm³/mol. The molecular weight excluding hydrogens is 234 g/mol. The van der Waals surface area contributed by atoms with Gasteiger partial charge in [0, 0.05) is 18.0 Å². The molecule has 0 aliphatic carbocycles. The largest absolute Gasteiger partial charge is 0.477 e. The first-order valence-corrected chi connectivity index (χ1v) is 6.33. The molecule has 16 heavy (non-hydrogen) atoms. The highest BCUT2D eigenvalue weighted by atomic mass is 32.2. The second-order valence-corrected chi connectivity index (χ2v) is 5.81. The van der Waals surface area contributed by atoms with Gasteiger partial charge in [0.05, 0.1) is 0 Å². The monoisotopic (exact) mass is 245 g/mol. The SMILES string of the molecule is CC(C(=O)c1c[nH]c(C(=O)O)c1)S(C)(=O)=O. The van der Waals surface area contributed by atoms with Crippen LogP contribution in [0.25, 0.3) is 0 Å². The van der Waals surface area contributed by atoms with Crippen LogP contribution in [0.5, 0.6) is 0 Å². The van der Waals surface area contributed by atoms with Crippen molar-refractivity contribution in [2.24, 2.45) is 0 Å². The first kappa shape index (κ1) is 12.4. The fourth-order valence-corrected chi connectivity index (χ4v) is 1.61. The molecule has 0 saturated heterocycles. The normalized spacial score (nSPS) is 13.4. The van der Waals surface area contributed by atoms with E-state index in [0.717, 1.165) is 12.3 Å². The lowest BCUT2D eigenvalue weighted by molar-refractivity contribution is 0.0691. The summed E-state index contributed by atoms with van der Waals surface area (Å²) in [5, 5.41) is 7.44. The molecule has 0 amide bonds. The second kappa shape index (κ2) is 4.09. The van der Waals surface area contributed by atoms with Crippen LogP contribution in [0.2, 0.25) is 0 Å². The van der Waals surface area contributed by atoms with Crippen LogP contribution in [0.1, 0.15) is 27.8 Å². The molecule has 0 aliphatic rings. The van der Waals surface area contributed by atoms with Gasteiger partial charge in [0.2, 0.25) is 0 Å². The molecule has 1 unspecified atom stereocenters. The third-order valence-corrected chi connectivity index (χ3v) is 3.71. The Morgan fingerprint density at radius 1 is 1.44 bits per heavy atom. The van der Waals surface area contributed by atoms with Crippen molar-refractivity contribution >= 4 is 21.6 Å². The number of hydrogen-bond acceptors (Lipinski definition) is 4. The number of carbonyl (C=O) groups excluding carboxylic acids is 1. The van der Waals surface area contributed by atoms with Gasteiger partial charge in [-0.2, -0.15) is 0 Å². The van der Waals surface area contributed by atoms with E-state index in [1.165, 1.54) is 13.1 Å². The molecule has 88 valence electrons. The van der Waals surface area contributed by atoms with Gasteiger partial charge in [-0.1, -0.05) is 0 Å². The molecule has 0 aromatic carbocycles. The molecule has 1 aromatic rings. The number of nitrogens with one attached hydrogen (secondary N) is 1. The smallest absolute Gasteiger partial charge is 0.352 e. The van der Waals surface area contributed by atoms with E-state index in [-0.39, 0.29) is 11.3 Å². The fraction of sp³-hybridized carbons (Fsp3) is 0.333. The molecule has 2 N–H and O–H groups in total. The number of aromatic carboxylic acids is 1. The van der Waals surface area contributed by atoms with Crippen LogP contribution in [0.15, 0.2) is 12.3 Å². The summed E-state index contributed by atoms with van der Waals surface area (Å²) >= 11 is 0. The zero-order valence-electron chi connectivity index (χ0n) is 8.72. The molecule has 7 heteroatoms. The van der Waals surface area contributed by atoms with Crippen molar-refractivity contribution in [2.75, 3.05) is 6.26 Å². The minimum absolute atomic E-state index is 0.0512. The minimum Gasteiger partial charge on any atom is -0.477 e. The Morgan fingerprint density at radius 3 is 2.38 bits per heavy atom. The number of aromatic amines is 1. The third-order valence-electron chi connectivity index (χ3n) is 2.21. The summed E-state index contributed by atoms with van der Waals surface area (Å²) in [4.78, 5) is 24.6. The van der Waals surface area contributed by atoms with E-state index in [0.29, 0.717) is 0 Å². The zero-order chi connectivity index (χ0) is 12.5. The Labute approximate surface area is 92.2 Å². The third kappa shape index (κ3) is 2.48. The van der Waals surface area contributed by atoms with E-state index in [1.807, 2.05) is 0 Å². The molecule has 1 heterocycles. The van der Waals surface area contributed by atoms with E-state index in [4.69, 9.17) is 5.11 Å². The van der Waals surface area contributed by atoms with Crippen LogP contribution in [0, 0.1) is 0 Å². The summed E-state index contributed by atoms with van der Waals surface area (Å²) in [6.45, 7) is 1.27. The number of carboxylic acid groups (broad SMARTS) is 1. The molecule has 1 atom stereocenters. The number of hydrogen-bond donors (Lipinski definition) is 2. The van der Waals surface area contributed by atoms with Crippen LogP contribution in [-0.4, -0.2) is 41.8 Å². The van der Waals surface area contributed by atoms with Crippen LogP contribution in [-0.2, 0) is 9.84 Å². The lowest BCUT2D eigenvalue weighted by Crippen LogP contribution is -2.25. The van der Waals surface area contributed by atoms with E-state index in [2.05, 4.69) is 4.98 Å². The summed E-state index contributed by atoms with van der Waals surface area (Å²) in [7, 11) is -3.47. The van der Waals surface area contributed by atoms with Crippen molar-refractivity contribution in [1.29, 1.82) is 0 Å². The van der Waals surface area contributed by atoms with Gasteiger partial charge in [-0.05, 0) is 13.0 Å². The molecule has 0 fully saturated rings. The van der Waals surface area contributed by atoms with Crippen molar-refractivity contribution in [3.63, 3.8) is 0 Å². The molecule has 0 saturated carbocycles. The van der Waals surface area contributed by atoms with Crippen molar-refractivity contribution in [2.45, 2.75) is 12.2 Å². The van der Waals surface area contributed by atoms with Gasteiger partial charge < -0.3 is 10.1 Å². The summed E-state index contributed by atoms with van der Waals surface area (Å²) < 4.78 is 22.3. The summed E-state index contributed by atoms with van der Waals surface area (Å²) in [5.74, 6) is -1.82. The van der Waals surface area contributed by atoms with E-state index in [1.54, 1.807) is 0 Å². The Kier molecular flexibility index (Phi) is 3.18. The highest BCUT2D eigenvalue weighted by molar-refractivity contribution is 7.92. The van der Waals surface area contributed by atoms with E-state index >= 15 is 0 Å². The Morgan fingerprint density at radius 2 is 2.00 bits per heavy atom. The molecule has 1 aromatic heterocycles. The number of H-pyrrole nitrogens is 1. The first-order valence-electron chi connectivity index (χ1n) is 4.38. The van der Waals surface area contributed by atoms with Gasteiger partial charge in [0.15, 0.2) is 15.6 Å². The average Bonchev–Trinajstić information content (AvgIpc) is 2.62. The number of aromatic nitrogens is 1. The summed E-state index contributed by atoms with van der Waals surface area (Å²) in [5.41, 5.74) is -0.0978. The Balaban J connectivity index is 3.02. The maximum absolute atomic E-state index is 11.6. The van der Waals surface area contributed by atoms with Crippen molar-refractivity contribution < 1.29 is 23.1 Å². The molecule has 0 radical (unpaired) electrons. The van der Waals surface area contributed by atoms with Crippen molar-refractivity contribution in [3.05, 3.63) is 23.5 Å². The maximum Gasteiger partial charge on any atom is 0.352 e. The molecule has 0 bridgehead atoms. The number of carbonyl (C=O) groups is 2. The van der Waals surface area contributed by atoms with Crippen LogP contribution in [0.4, 0.5) is 0 Å². The number of rotatable bonds is 4. The Hall–Kier alpha value is -1.63. The first-order chi connectivity index (χ1) is 7.23. The standard InChI is InChI=1S/C9H11NO5S/c1-5(16(2,14)15)8(11)6-3-7(9(12)13)10-4-6/h3-5,10H,1-2H3,(H,12,13). The molecule has 0 spiro atoms. The van der Waals surface area contributed by atoms with E-state index < -0.39 is 26.8 Å². The molecule has 6 nitrogen and oxygen atoms in total. The number of ketones is 1. The molecular formula is C9H11NO5S. The highest BCUT2D eigenvalue weighted by Gasteiger charge is 2.25. The highest BCUT2D eigenvalue weighted by Crippen LogP contribution is 2.11. The summed E-state index contributed by atoms with van der Waals surface area (Å²) in [6.07, 6.45) is 2.15.